The molecule has 1 aliphatic heterocycles. The summed E-state index contributed by atoms with van der Waals surface area (Å²) in [5, 5.41) is 15.4. The van der Waals surface area contributed by atoms with Crippen LogP contribution in [0, 0.1) is 0 Å². The smallest absolute Gasteiger partial charge is 0.307 e. The Kier molecular flexibility index (Phi) is 2.87. The summed E-state index contributed by atoms with van der Waals surface area (Å²) in [6.07, 6.45) is -0.00319. The molecule has 5 nitrogen and oxygen atoms in total. The quantitative estimate of drug-likeness (QED) is 0.486. The number of aliphatic carboxylic acids is 1. The maximum atomic E-state index is 10.5. The molecule has 2 N–H and O–H groups in total. The number of hydrogen-bond acceptors (Lipinski definition) is 4. The molecule has 1 saturated heterocycles. The normalized spacial score (nSPS) is 18.6. The number of rotatable bonds is 4. The lowest BCUT2D eigenvalue weighted by atomic mass is 9.93. The van der Waals surface area contributed by atoms with E-state index in [0.717, 1.165) is 5.71 Å². The molecule has 0 aromatic carbocycles. The van der Waals surface area contributed by atoms with Gasteiger partial charge in [0.1, 0.15) is 0 Å². The largest absolute Gasteiger partial charge is 0.481 e. The van der Waals surface area contributed by atoms with Gasteiger partial charge in [-0.1, -0.05) is 5.16 Å². The molecule has 0 radical (unpaired) electrons. The molecule has 1 heterocycles. The highest BCUT2D eigenvalue weighted by Gasteiger charge is 2.42. The molecule has 0 amide bonds. The predicted molar refractivity (Wildman–Crippen MR) is 47.7 cm³/mol. The highest BCUT2D eigenvalue weighted by Crippen LogP contribution is 2.21. The first kappa shape index (κ1) is 9.98. The monoisotopic (exact) mass is 186 g/mol. The standard InChI is InChI=1S/C8H14N2O3/c1-6(2)10-13-8(3-7(11)12)4-9-5-8/h9H,3-5H2,1-2H3,(H,11,12). The number of nitrogens with zero attached hydrogens (tertiary/aromatic N) is 1. The number of carboxylic acids is 1. The van der Waals surface area contributed by atoms with Gasteiger partial charge in [-0.05, 0) is 13.8 Å². The maximum Gasteiger partial charge on any atom is 0.307 e. The first-order chi connectivity index (χ1) is 6.04. The van der Waals surface area contributed by atoms with E-state index in [1.807, 2.05) is 0 Å². The van der Waals surface area contributed by atoms with E-state index in [1.165, 1.54) is 0 Å². The Balaban J connectivity index is 2.50. The summed E-state index contributed by atoms with van der Waals surface area (Å²) in [5.74, 6) is -0.856. The average Bonchev–Trinajstić information content (AvgIpc) is 1.93. The Morgan fingerprint density at radius 2 is 2.23 bits per heavy atom. The summed E-state index contributed by atoms with van der Waals surface area (Å²) in [5.41, 5.74) is 0.167. The van der Waals surface area contributed by atoms with Gasteiger partial charge < -0.3 is 15.3 Å². The van der Waals surface area contributed by atoms with E-state index in [2.05, 4.69) is 10.5 Å². The van der Waals surface area contributed by atoms with Gasteiger partial charge in [0.25, 0.3) is 0 Å². The van der Waals surface area contributed by atoms with Crippen molar-refractivity contribution in [1.82, 2.24) is 5.32 Å². The second-order valence-electron chi connectivity index (χ2n) is 3.49. The third-order valence-electron chi connectivity index (χ3n) is 1.79. The van der Waals surface area contributed by atoms with E-state index in [1.54, 1.807) is 13.8 Å². The van der Waals surface area contributed by atoms with Crippen molar-refractivity contribution in [3.8, 4) is 0 Å². The van der Waals surface area contributed by atoms with Gasteiger partial charge in [-0.25, -0.2) is 0 Å². The molecule has 0 aromatic heterocycles. The Morgan fingerprint density at radius 3 is 2.54 bits per heavy atom. The average molecular weight is 186 g/mol. The Morgan fingerprint density at radius 1 is 1.62 bits per heavy atom. The van der Waals surface area contributed by atoms with E-state index < -0.39 is 11.6 Å². The van der Waals surface area contributed by atoms with Crippen LogP contribution in [0.4, 0.5) is 0 Å². The summed E-state index contributed by atoms with van der Waals surface area (Å²) >= 11 is 0. The molecule has 0 aliphatic carbocycles. The van der Waals surface area contributed by atoms with Crippen LogP contribution < -0.4 is 5.32 Å². The van der Waals surface area contributed by atoms with Crippen LogP contribution in [0.25, 0.3) is 0 Å². The molecule has 0 aromatic rings. The predicted octanol–water partition coefficient (Wildman–Crippen LogP) is 0.216. The van der Waals surface area contributed by atoms with Gasteiger partial charge >= 0.3 is 5.97 Å². The van der Waals surface area contributed by atoms with Crippen LogP contribution in [0.5, 0.6) is 0 Å². The second-order valence-corrected chi connectivity index (χ2v) is 3.49. The molecule has 5 heteroatoms. The lowest BCUT2D eigenvalue weighted by Gasteiger charge is -2.38. The third-order valence-corrected chi connectivity index (χ3v) is 1.79. The highest BCUT2D eigenvalue weighted by molar-refractivity contribution is 5.78. The van der Waals surface area contributed by atoms with E-state index >= 15 is 0 Å². The van der Waals surface area contributed by atoms with E-state index in [4.69, 9.17) is 9.94 Å². The van der Waals surface area contributed by atoms with Crippen LogP contribution in [-0.2, 0) is 9.63 Å². The molecule has 0 bridgehead atoms. The lowest BCUT2D eigenvalue weighted by Crippen LogP contribution is -2.61. The zero-order valence-electron chi connectivity index (χ0n) is 7.83. The van der Waals surface area contributed by atoms with Crippen molar-refractivity contribution < 1.29 is 14.7 Å². The van der Waals surface area contributed by atoms with Gasteiger partial charge in [0.05, 0.1) is 12.1 Å². The number of carbonyl (C=O) groups is 1. The van der Waals surface area contributed by atoms with Crippen LogP contribution in [0.3, 0.4) is 0 Å². The molecule has 1 rings (SSSR count). The molecule has 1 aliphatic rings. The maximum absolute atomic E-state index is 10.5. The first-order valence-corrected chi connectivity index (χ1v) is 4.16. The zero-order valence-corrected chi connectivity index (χ0v) is 7.83. The third kappa shape index (κ3) is 2.69. The Bertz CT molecular complexity index is 230. The van der Waals surface area contributed by atoms with Crippen LogP contribution in [0.2, 0.25) is 0 Å². The van der Waals surface area contributed by atoms with Gasteiger partial charge in [0, 0.05) is 13.1 Å². The van der Waals surface area contributed by atoms with E-state index in [-0.39, 0.29) is 6.42 Å². The zero-order chi connectivity index (χ0) is 9.90. The van der Waals surface area contributed by atoms with Crippen molar-refractivity contribution in [3.05, 3.63) is 0 Å². The van der Waals surface area contributed by atoms with Crippen LogP contribution in [0.1, 0.15) is 20.3 Å². The Labute approximate surface area is 76.8 Å². The van der Waals surface area contributed by atoms with Crippen molar-refractivity contribution >= 4 is 11.7 Å². The second kappa shape index (κ2) is 3.74. The van der Waals surface area contributed by atoms with Crippen molar-refractivity contribution in [1.29, 1.82) is 0 Å². The number of hydrogen-bond donors (Lipinski definition) is 2. The van der Waals surface area contributed by atoms with Crippen molar-refractivity contribution in [2.45, 2.75) is 25.9 Å². The molecule has 1 fully saturated rings. The van der Waals surface area contributed by atoms with Crippen molar-refractivity contribution in [3.63, 3.8) is 0 Å². The van der Waals surface area contributed by atoms with Gasteiger partial charge in [-0.15, -0.1) is 0 Å². The van der Waals surface area contributed by atoms with Gasteiger partial charge in [-0.2, -0.15) is 0 Å². The molecule has 0 saturated carbocycles. The summed E-state index contributed by atoms with van der Waals surface area (Å²) in [6, 6.07) is 0. The van der Waals surface area contributed by atoms with E-state index in [0.29, 0.717) is 13.1 Å². The van der Waals surface area contributed by atoms with Crippen LogP contribution in [-0.4, -0.2) is 35.5 Å². The molecule has 13 heavy (non-hydrogen) atoms. The number of carboxylic acid groups (broad SMARTS) is 1. The SMILES string of the molecule is CC(C)=NOC1(CC(=O)O)CNC1. The highest BCUT2D eigenvalue weighted by atomic mass is 16.7. The number of oxime groups is 1. The van der Waals surface area contributed by atoms with Gasteiger partial charge in [0.15, 0.2) is 5.60 Å². The minimum atomic E-state index is -0.856. The van der Waals surface area contributed by atoms with Gasteiger partial charge in [-0.3, -0.25) is 4.79 Å². The van der Waals surface area contributed by atoms with Crippen molar-refractivity contribution in [2.75, 3.05) is 13.1 Å². The summed E-state index contributed by atoms with van der Waals surface area (Å²) < 4.78 is 0. The topological polar surface area (TPSA) is 70.9 Å². The fourth-order valence-corrected chi connectivity index (χ4v) is 1.09. The number of nitrogens with one attached hydrogen (secondary N) is 1. The molecule has 0 unspecified atom stereocenters. The summed E-state index contributed by atoms with van der Waals surface area (Å²) in [7, 11) is 0. The fourth-order valence-electron chi connectivity index (χ4n) is 1.09. The summed E-state index contributed by atoms with van der Waals surface area (Å²) in [6.45, 7) is 4.72. The fraction of sp³-hybridized carbons (Fsp3) is 0.750. The Hall–Kier alpha value is -1.10. The van der Waals surface area contributed by atoms with Crippen molar-refractivity contribution in [2.24, 2.45) is 5.16 Å². The minimum Gasteiger partial charge on any atom is -0.481 e. The molecule has 74 valence electrons. The molecular formula is C8H14N2O3. The summed E-state index contributed by atoms with van der Waals surface area (Å²) in [4.78, 5) is 15.7. The minimum absolute atomic E-state index is 0.00319. The molecular weight excluding hydrogens is 172 g/mol. The van der Waals surface area contributed by atoms with Gasteiger partial charge in [0.2, 0.25) is 0 Å². The van der Waals surface area contributed by atoms with Crippen LogP contribution >= 0.6 is 0 Å². The first-order valence-electron chi connectivity index (χ1n) is 4.16. The lowest BCUT2D eigenvalue weighted by molar-refractivity contribution is -0.150. The van der Waals surface area contributed by atoms with Crippen LogP contribution in [0.15, 0.2) is 5.16 Å². The van der Waals surface area contributed by atoms with E-state index in [9.17, 15) is 4.79 Å². The molecule has 0 atom stereocenters. The molecule has 0 spiro atoms.